The topological polar surface area (TPSA) is 101 Å². The van der Waals surface area contributed by atoms with Gasteiger partial charge in [-0.2, -0.15) is 0 Å². The molecule has 0 bridgehead atoms. The Morgan fingerprint density at radius 2 is 1.85 bits per heavy atom. The van der Waals surface area contributed by atoms with Crippen LogP contribution in [0.4, 0.5) is 5.69 Å². The molecule has 34 heavy (non-hydrogen) atoms. The number of nitrogens with one attached hydrogen (secondary N) is 1. The minimum atomic E-state index is -0.295. The molecule has 3 amide bonds. The summed E-state index contributed by atoms with van der Waals surface area (Å²) in [7, 11) is 3.31. The predicted octanol–water partition coefficient (Wildman–Crippen LogP) is 2.69. The number of pyridine rings is 1. The van der Waals surface area contributed by atoms with Crippen LogP contribution in [0.5, 0.6) is 5.75 Å². The number of amides is 3. The van der Waals surface area contributed by atoms with Crippen LogP contribution in [-0.4, -0.2) is 78.5 Å². The number of fused-ring (bicyclic) bond motifs is 1. The zero-order valence-corrected chi connectivity index (χ0v) is 20.3. The summed E-state index contributed by atoms with van der Waals surface area (Å²) in [4.78, 5) is 45.6. The highest BCUT2D eigenvalue weighted by atomic mass is 16.5. The highest BCUT2D eigenvalue weighted by Gasteiger charge is 2.30. The van der Waals surface area contributed by atoms with Crippen LogP contribution in [0.15, 0.2) is 42.7 Å². The summed E-state index contributed by atoms with van der Waals surface area (Å²) in [6.45, 7) is 6.27. The number of methoxy groups -OCH3 is 1. The van der Waals surface area contributed by atoms with Crippen molar-refractivity contribution in [3.8, 4) is 5.75 Å². The molecule has 0 aliphatic carbocycles. The average molecular weight is 469 g/mol. The lowest BCUT2D eigenvalue weighted by molar-refractivity contribution is -0.114. The molecule has 9 heteroatoms. The summed E-state index contributed by atoms with van der Waals surface area (Å²) in [5.41, 5.74) is 1.38. The van der Waals surface area contributed by atoms with Crippen molar-refractivity contribution >= 4 is 23.4 Å². The van der Waals surface area contributed by atoms with Crippen molar-refractivity contribution < 1.29 is 23.9 Å². The number of aromatic nitrogens is 1. The fourth-order valence-electron chi connectivity index (χ4n) is 4.00. The number of carbonyl (C=O) groups is 3. The van der Waals surface area contributed by atoms with E-state index < -0.39 is 0 Å². The van der Waals surface area contributed by atoms with Crippen LogP contribution in [-0.2, 0) is 9.53 Å². The number of ether oxygens (including phenoxy) is 2. The van der Waals surface area contributed by atoms with Crippen LogP contribution in [0.2, 0.25) is 0 Å². The molecular formula is C25H32N4O5. The van der Waals surface area contributed by atoms with Crippen molar-refractivity contribution in [2.24, 2.45) is 5.92 Å². The van der Waals surface area contributed by atoms with E-state index in [4.69, 9.17) is 9.47 Å². The number of benzene rings is 1. The van der Waals surface area contributed by atoms with Gasteiger partial charge in [-0.1, -0.05) is 6.92 Å². The first-order valence-electron chi connectivity index (χ1n) is 11.2. The lowest BCUT2D eigenvalue weighted by Gasteiger charge is -2.36. The van der Waals surface area contributed by atoms with E-state index in [1.807, 2.05) is 13.8 Å². The number of likely N-dealkylation sites (N-methyl/N-ethyl adjacent to an activating group) is 1. The first-order chi connectivity index (χ1) is 16.2. The van der Waals surface area contributed by atoms with Gasteiger partial charge in [-0.3, -0.25) is 19.4 Å². The van der Waals surface area contributed by atoms with Crippen LogP contribution < -0.4 is 10.1 Å². The number of hydrogen-bond acceptors (Lipinski definition) is 6. The Hall–Kier alpha value is -3.46. The normalized spacial score (nSPS) is 21.6. The Bertz CT molecular complexity index is 1030. The third kappa shape index (κ3) is 5.91. The molecule has 2 heterocycles. The van der Waals surface area contributed by atoms with Crippen molar-refractivity contribution in [3.05, 3.63) is 53.9 Å². The Labute approximate surface area is 200 Å². The number of nitrogens with zero attached hydrogens (tertiary/aromatic N) is 3. The fourth-order valence-corrected chi connectivity index (χ4v) is 4.00. The third-order valence-corrected chi connectivity index (χ3v) is 5.95. The van der Waals surface area contributed by atoms with Gasteiger partial charge in [0.2, 0.25) is 5.91 Å². The second kappa shape index (κ2) is 11.1. The van der Waals surface area contributed by atoms with Crippen LogP contribution in [0, 0.1) is 5.92 Å². The monoisotopic (exact) mass is 468 g/mol. The van der Waals surface area contributed by atoms with Gasteiger partial charge in [0.15, 0.2) is 0 Å². The van der Waals surface area contributed by atoms with E-state index in [-0.39, 0.29) is 42.4 Å². The molecule has 1 aromatic carbocycles. The Kier molecular flexibility index (Phi) is 8.22. The molecule has 0 saturated carbocycles. The molecule has 0 fully saturated rings. The maximum absolute atomic E-state index is 13.4. The van der Waals surface area contributed by atoms with Crippen LogP contribution in [0.3, 0.4) is 0 Å². The number of anilines is 1. The van der Waals surface area contributed by atoms with Gasteiger partial charge in [0.1, 0.15) is 12.4 Å². The molecule has 1 aliphatic rings. The zero-order chi connectivity index (χ0) is 24.8. The van der Waals surface area contributed by atoms with Crippen molar-refractivity contribution in [2.75, 3.05) is 39.2 Å². The molecule has 1 aliphatic heterocycles. The van der Waals surface area contributed by atoms with Gasteiger partial charge in [0.05, 0.1) is 17.7 Å². The van der Waals surface area contributed by atoms with E-state index in [0.717, 1.165) is 0 Å². The average Bonchev–Trinajstić information content (AvgIpc) is 2.83. The van der Waals surface area contributed by atoms with Crippen molar-refractivity contribution in [1.29, 1.82) is 0 Å². The lowest BCUT2D eigenvalue weighted by Crippen LogP contribution is -2.48. The van der Waals surface area contributed by atoms with E-state index in [0.29, 0.717) is 35.7 Å². The van der Waals surface area contributed by atoms with Crippen LogP contribution >= 0.6 is 0 Å². The number of hydrogen-bond donors (Lipinski definition) is 1. The van der Waals surface area contributed by atoms with Crippen LogP contribution in [0.25, 0.3) is 0 Å². The number of rotatable bonds is 3. The first-order valence-corrected chi connectivity index (χ1v) is 11.2. The van der Waals surface area contributed by atoms with E-state index in [2.05, 4.69) is 10.3 Å². The molecule has 182 valence electrons. The van der Waals surface area contributed by atoms with Gasteiger partial charge in [-0.15, -0.1) is 0 Å². The highest BCUT2D eigenvalue weighted by molar-refractivity contribution is 5.99. The zero-order valence-electron chi connectivity index (χ0n) is 20.3. The van der Waals surface area contributed by atoms with Gasteiger partial charge in [-0.25, -0.2) is 0 Å². The second-order valence-electron chi connectivity index (χ2n) is 8.68. The van der Waals surface area contributed by atoms with Gasteiger partial charge >= 0.3 is 0 Å². The van der Waals surface area contributed by atoms with Crippen molar-refractivity contribution in [1.82, 2.24) is 14.8 Å². The smallest absolute Gasteiger partial charge is 0.257 e. The van der Waals surface area contributed by atoms with Gasteiger partial charge < -0.3 is 24.6 Å². The maximum Gasteiger partial charge on any atom is 0.257 e. The Balaban J connectivity index is 1.99. The number of carbonyl (C=O) groups excluding carboxylic acids is 3. The van der Waals surface area contributed by atoms with Crippen LogP contribution in [0.1, 0.15) is 41.5 Å². The largest absolute Gasteiger partial charge is 0.491 e. The summed E-state index contributed by atoms with van der Waals surface area (Å²) in [5, 5.41) is 2.70. The summed E-state index contributed by atoms with van der Waals surface area (Å²) < 4.78 is 11.8. The summed E-state index contributed by atoms with van der Waals surface area (Å²) >= 11 is 0. The minimum Gasteiger partial charge on any atom is -0.491 e. The summed E-state index contributed by atoms with van der Waals surface area (Å²) in [6.07, 6.45) is 2.89. The molecule has 3 rings (SSSR count). The Morgan fingerprint density at radius 3 is 2.50 bits per heavy atom. The summed E-state index contributed by atoms with van der Waals surface area (Å²) in [6, 6.07) is 8.05. The minimum absolute atomic E-state index is 0.0573. The Morgan fingerprint density at radius 1 is 1.15 bits per heavy atom. The van der Waals surface area contributed by atoms with Gasteiger partial charge in [-0.05, 0) is 37.3 Å². The van der Waals surface area contributed by atoms with Gasteiger partial charge in [0, 0.05) is 63.7 Å². The first kappa shape index (κ1) is 25.2. The molecule has 2 aromatic rings. The SMILES string of the molecule is CO[C@H]1CN(C)C(=O)c2cc(NC(C)=O)ccc2OC[C@H](C)N(C(=O)c2ccncc2)C[C@H]1C. The molecule has 0 saturated heterocycles. The molecule has 0 unspecified atom stereocenters. The molecule has 0 radical (unpaired) electrons. The molecule has 1 aromatic heterocycles. The fraction of sp³-hybridized carbons (Fsp3) is 0.440. The molecule has 9 nitrogen and oxygen atoms in total. The van der Waals surface area contributed by atoms with E-state index in [1.54, 1.807) is 66.7 Å². The predicted molar refractivity (Wildman–Crippen MR) is 128 cm³/mol. The van der Waals surface area contributed by atoms with E-state index >= 15 is 0 Å². The molecular weight excluding hydrogens is 436 g/mol. The second-order valence-corrected chi connectivity index (χ2v) is 8.68. The van der Waals surface area contributed by atoms with Gasteiger partial charge in [0.25, 0.3) is 11.8 Å². The van der Waals surface area contributed by atoms with Crippen molar-refractivity contribution in [3.63, 3.8) is 0 Å². The maximum atomic E-state index is 13.4. The van der Waals surface area contributed by atoms with E-state index in [9.17, 15) is 14.4 Å². The highest BCUT2D eigenvalue weighted by Crippen LogP contribution is 2.26. The molecule has 3 atom stereocenters. The standard InChI is InChI=1S/C25H32N4O5/c1-16-13-29(24(31)19-8-10-26-11-9-19)17(2)15-34-22-7-6-20(27-18(3)30)12-21(22)25(32)28(4)14-23(16)33-5/h6-12,16-17,23H,13-15H2,1-5H3,(H,27,30)/t16-,17+,23+/m1/s1. The summed E-state index contributed by atoms with van der Waals surface area (Å²) in [5.74, 6) is -0.269. The van der Waals surface area contributed by atoms with Crippen molar-refractivity contribution in [2.45, 2.75) is 32.9 Å². The third-order valence-electron chi connectivity index (χ3n) is 5.95. The van der Waals surface area contributed by atoms with E-state index in [1.165, 1.54) is 6.92 Å². The lowest BCUT2D eigenvalue weighted by atomic mass is 10.0. The molecule has 1 N–H and O–H groups in total. The quantitative estimate of drug-likeness (QED) is 0.743. The molecule has 0 spiro atoms.